The van der Waals surface area contributed by atoms with Crippen molar-refractivity contribution in [1.29, 1.82) is 0 Å². The van der Waals surface area contributed by atoms with Crippen LogP contribution in [0.3, 0.4) is 0 Å². The molecule has 0 amide bonds. The van der Waals surface area contributed by atoms with Gasteiger partial charge in [0.2, 0.25) is 0 Å². The number of carbonyl (C=O) groups excluding carboxylic acids is 1. The van der Waals surface area contributed by atoms with Crippen molar-refractivity contribution >= 4 is 17.2 Å². The van der Waals surface area contributed by atoms with Crippen molar-refractivity contribution in [2.75, 3.05) is 0 Å². The number of unbranched alkanes of at least 4 members (excludes halogenated alkanes) is 1. The predicted octanol–water partition coefficient (Wildman–Crippen LogP) is 7.86. The first kappa shape index (κ1) is 19.8. The fourth-order valence-corrected chi connectivity index (χ4v) is 4.66. The second-order valence-corrected chi connectivity index (χ2v) is 8.41. The lowest BCUT2D eigenvalue weighted by Gasteiger charge is -2.28. The number of azo groups is 1. The molecule has 150 valence electrons. The van der Waals surface area contributed by atoms with E-state index in [2.05, 4.69) is 41.4 Å². The van der Waals surface area contributed by atoms with Gasteiger partial charge in [-0.15, -0.1) is 0 Å². The number of nitrogens with zero attached hydrogens (tertiary/aromatic N) is 2. The molecule has 0 unspecified atom stereocenters. The Balaban J connectivity index is 1.39. The van der Waals surface area contributed by atoms with Crippen LogP contribution in [0.1, 0.15) is 85.7 Å². The lowest BCUT2D eigenvalue weighted by Crippen LogP contribution is -2.13. The highest BCUT2D eigenvalue weighted by Gasteiger charge is 2.22. The first-order valence-corrected chi connectivity index (χ1v) is 11.1. The first-order chi connectivity index (χ1) is 14.2. The zero-order valence-electron chi connectivity index (χ0n) is 17.3. The van der Waals surface area contributed by atoms with Gasteiger partial charge in [-0.3, -0.25) is 4.79 Å². The molecule has 2 aromatic rings. The minimum Gasteiger partial charge on any atom is -0.294 e. The molecule has 4 rings (SSSR count). The standard InChI is InChI=1S/C26H30N2O/c1-2-3-6-19-9-11-20(12-10-19)21-13-15-22(16-14-21)27-28-25-17-18-26(29)24-8-5-4-7-23(24)25/h4-5,7-8,13-17,19-20H,2-3,6,9-12,18H2,1H3. The van der Waals surface area contributed by atoms with Crippen LogP contribution < -0.4 is 0 Å². The zero-order valence-corrected chi connectivity index (χ0v) is 17.3. The maximum Gasteiger partial charge on any atom is 0.167 e. The Morgan fingerprint density at radius 3 is 2.34 bits per heavy atom. The molecule has 0 N–H and O–H groups in total. The van der Waals surface area contributed by atoms with Gasteiger partial charge in [-0.25, -0.2) is 0 Å². The number of allylic oxidation sites excluding steroid dienone is 1. The molecule has 2 aliphatic carbocycles. The van der Waals surface area contributed by atoms with Crippen molar-refractivity contribution in [3.05, 3.63) is 71.3 Å². The summed E-state index contributed by atoms with van der Waals surface area (Å²) in [7, 11) is 0. The first-order valence-electron chi connectivity index (χ1n) is 11.1. The average Bonchev–Trinajstić information content (AvgIpc) is 2.78. The summed E-state index contributed by atoms with van der Waals surface area (Å²) in [5.74, 6) is 1.78. The van der Waals surface area contributed by atoms with Crippen molar-refractivity contribution in [2.24, 2.45) is 16.1 Å². The van der Waals surface area contributed by atoms with Crippen molar-refractivity contribution in [3.63, 3.8) is 0 Å². The molecule has 0 bridgehead atoms. The van der Waals surface area contributed by atoms with E-state index in [0.29, 0.717) is 12.3 Å². The molecule has 1 saturated carbocycles. The lowest BCUT2D eigenvalue weighted by atomic mass is 9.77. The van der Waals surface area contributed by atoms with Gasteiger partial charge >= 0.3 is 0 Å². The fourth-order valence-electron chi connectivity index (χ4n) is 4.66. The Morgan fingerprint density at radius 2 is 1.62 bits per heavy atom. The summed E-state index contributed by atoms with van der Waals surface area (Å²) >= 11 is 0. The third-order valence-electron chi connectivity index (χ3n) is 6.43. The van der Waals surface area contributed by atoms with E-state index in [1.807, 2.05) is 30.3 Å². The zero-order chi connectivity index (χ0) is 20.1. The van der Waals surface area contributed by atoms with Crippen LogP contribution in [0.15, 0.2) is 64.8 Å². The number of fused-ring (bicyclic) bond motifs is 1. The van der Waals surface area contributed by atoms with E-state index in [1.165, 1.54) is 50.5 Å². The maximum atomic E-state index is 12.0. The Labute approximate surface area is 174 Å². The van der Waals surface area contributed by atoms with Gasteiger partial charge < -0.3 is 0 Å². The number of benzene rings is 2. The van der Waals surface area contributed by atoms with Crippen LogP contribution in [0.5, 0.6) is 0 Å². The van der Waals surface area contributed by atoms with Crippen molar-refractivity contribution in [2.45, 2.75) is 64.2 Å². The summed E-state index contributed by atoms with van der Waals surface area (Å²) < 4.78 is 0. The molecule has 0 radical (unpaired) electrons. The monoisotopic (exact) mass is 386 g/mol. The molecule has 1 fully saturated rings. The summed E-state index contributed by atoms with van der Waals surface area (Å²) in [4.78, 5) is 12.0. The molecule has 0 atom stereocenters. The summed E-state index contributed by atoms with van der Waals surface area (Å²) in [6.45, 7) is 2.29. The average molecular weight is 387 g/mol. The molecule has 3 heteroatoms. The van der Waals surface area contributed by atoms with E-state index in [1.54, 1.807) is 0 Å². The lowest BCUT2D eigenvalue weighted by molar-refractivity contribution is 0.0994. The second kappa shape index (κ2) is 9.30. The van der Waals surface area contributed by atoms with Gasteiger partial charge in [0.1, 0.15) is 0 Å². The molecule has 2 aromatic carbocycles. The summed E-state index contributed by atoms with van der Waals surface area (Å²) in [6, 6.07) is 16.2. The highest BCUT2D eigenvalue weighted by Crippen LogP contribution is 2.38. The Hall–Kier alpha value is -2.55. The van der Waals surface area contributed by atoms with Crippen LogP contribution in [0.2, 0.25) is 0 Å². The maximum absolute atomic E-state index is 12.0. The second-order valence-electron chi connectivity index (χ2n) is 8.41. The Morgan fingerprint density at radius 1 is 0.897 bits per heavy atom. The van der Waals surface area contributed by atoms with Crippen LogP contribution in [-0.4, -0.2) is 5.78 Å². The number of hydrogen-bond acceptors (Lipinski definition) is 3. The van der Waals surface area contributed by atoms with Crippen molar-refractivity contribution in [3.8, 4) is 0 Å². The SMILES string of the molecule is CCCCC1CCC(c2ccc(N=NC3=CCC(=O)c4ccccc43)cc2)CC1. The smallest absolute Gasteiger partial charge is 0.167 e. The normalized spacial score (nSPS) is 21.8. The molecule has 0 heterocycles. The van der Waals surface area contributed by atoms with Crippen LogP contribution >= 0.6 is 0 Å². The van der Waals surface area contributed by atoms with E-state index in [9.17, 15) is 4.79 Å². The third-order valence-corrected chi connectivity index (χ3v) is 6.43. The van der Waals surface area contributed by atoms with Crippen molar-refractivity contribution in [1.82, 2.24) is 0 Å². The number of Topliss-reactive ketones (excluding diaryl/α,β-unsaturated/α-hetero) is 1. The van der Waals surface area contributed by atoms with Crippen LogP contribution in [0.25, 0.3) is 5.70 Å². The fraction of sp³-hybridized carbons (Fsp3) is 0.423. The predicted molar refractivity (Wildman–Crippen MR) is 119 cm³/mol. The van der Waals surface area contributed by atoms with Crippen molar-refractivity contribution < 1.29 is 4.79 Å². The minimum absolute atomic E-state index is 0.147. The molecular weight excluding hydrogens is 356 g/mol. The Bertz CT molecular complexity index is 903. The molecule has 29 heavy (non-hydrogen) atoms. The molecule has 2 aliphatic rings. The van der Waals surface area contributed by atoms with Gasteiger partial charge in [-0.2, -0.15) is 10.2 Å². The molecular formula is C26H30N2O. The summed E-state index contributed by atoms with van der Waals surface area (Å²) in [6.07, 6.45) is 11.7. The summed E-state index contributed by atoms with van der Waals surface area (Å²) in [5, 5.41) is 8.88. The number of hydrogen-bond donors (Lipinski definition) is 0. The van der Waals surface area contributed by atoms with Crippen LogP contribution in [0, 0.1) is 5.92 Å². The van der Waals surface area contributed by atoms with E-state index < -0.39 is 0 Å². The van der Waals surface area contributed by atoms with Gasteiger partial charge in [0.25, 0.3) is 0 Å². The summed E-state index contributed by atoms with van der Waals surface area (Å²) in [5.41, 5.74) is 4.71. The Kier molecular flexibility index (Phi) is 6.33. The highest BCUT2D eigenvalue weighted by molar-refractivity contribution is 6.04. The van der Waals surface area contributed by atoms with E-state index in [0.717, 1.165) is 28.4 Å². The topological polar surface area (TPSA) is 41.8 Å². The van der Waals surface area contributed by atoms with Crippen LogP contribution in [0.4, 0.5) is 5.69 Å². The largest absolute Gasteiger partial charge is 0.294 e. The van der Waals surface area contributed by atoms with Gasteiger partial charge in [0.05, 0.1) is 11.4 Å². The molecule has 3 nitrogen and oxygen atoms in total. The highest BCUT2D eigenvalue weighted by atomic mass is 16.1. The van der Waals surface area contributed by atoms with Gasteiger partial charge in [-0.05, 0) is 61.3 Å². The molecule has 0 aromatic heterocycles. The van der Waals surface area contributed by atoms with Crippen LogP contribution in [-0.2, 0) is 0 Å². The van der Waals surface area contributed by atoms with Gasteiger partial charge in [-0.1, -0.05) is 62.6 Å². The van der Waals surface area contributed by atoms with E-state index >= 15 is 0 Å². The van der Waals surface area contributed by atoms with Gasteiger partial charge in [0, 0.05) is 17.5 Å². The number of carbonyl (C=O) groups is 1. The van der Waals surface area contributed by atoms with E-state index in [4.69, 9.17) is 0 Å². The minimum atomic E-state index is 0.147. The van der Waals surface area contributed by atoms with E-state index in [-0.39, 0.29) is 5.78 Å². The number of rotatable bonds is 6. The molecule has 0 aliphatic heterocycles. The number of ketones is 1. The molecule has 0 saturated heterocycles. The van der Waals surface area contributed by atoms with Gasteiger partial charge in [0.15, 0.2) is 5.78 Å². The third kappa shape index (κ3) is 4.72. The molecule has 0 spiro atoms. The quantitative estimate of drug-likeness (QED) is 0.466.